The molecule has 1 unspecified atom stereocenters. The molecule has 164 valence electrons. The van der Waals surface area contributed by atoms with Crippen molar-refractivity contribution >= 4 is 33.4 Å². The lowest BCUT2D eigenvalue weighted by molar-refractivity contribution is -0.133. The van der Waals surface area contributed by atoms with Crippen LogP contribution in [-0.4, -0.2) is 44.0 Å². The van der Waals surface area contributed by atoms with E-state index in [9.17, 15) is 22.8 Å². The zero-order valence-corrected chi connectivity index (χ0v) is 18.5. The fourth-order valence-electron chi connectivity index (χ4n) is 3.46. The summed E-state index contributed by atoms with van der Waals surface area (Å²) in [6, 6.07) is 12.5. The zero-order chi connectivity index (χ0) is 22.8. The first kappa shape index (κ1) is 22.5. The van der Waals surface area contributed by atoms with E-state index in [0.29, 0.717) is 11.3 Å². The number of amides is 4. The fourth-order valence-corrected chi connectivity index (χ4v) is 4.09. The van der Waals surface area contributed by atoms with Gasteiger partial charge in [-0.2, -0.15) is 0 Å². The number of hydrogen-bond donors (Lipinski definition) is 2. The first-order valence-corrected chi connectivity index (χ1v) is 11.8. The SMILES string of the molecule is CCCc1ccc(C2(C)NC(=O)N(CC(=O)Nc3ccc(S(C)(=O)=O)cc3)C2=O)cc1. The number of aryl methyl sites for hydroxylation is 1. The molecule has 2 N–H and O–H groups in total. The van der Waals surface area contributed by atoms with Gasteiger partial charge in [0.25, 0.3) is 5.91 Å². The highest BCUT2D eigenvalue weighted by atomic mass is 32.2. The molecule has 4 amide bonds. The molecule has 0 spiro atoms. The van der Waals surface area contributed by atoms with E-state index in [4.69, 9.17) is 0 Å². The van der Waals surface area contributed by atoms with Crippen LogP contribution in [0.3, 0.4) is 0 Å². The van der Waals surface area contributed by atoms with Crippen LogP contribution in [0.5, 0.6) is 0 Å². The highest BCUT2D eigenvalue weighted by molar-refractivity contribution is 7.90. The molecule has 0 aliphatic carbocycles. The van der Waals surface area contributed by atoms with Crippen molar-refractivity contribution in [2.45, 2.75) is 37.1 Å². The second-order valence-electron chi connectivity index (χ2n) is 7.74. The summed E-state index contributed by atoms with van der Waals surface area (Å²) in [6.07, 6.45) is 3.02. The molecule has 0 bridgehead atoms. The van der Waals surface area contributed by atoms with Gasteiger partial charge in [0.05, 0.1) is 4.90 Å². The Morgan fingerprint density at radius 2 is 1.68 bits per heavy atom. The van der Waals surface area contributed by atoms with E-state index in [0.717, 1.165) is 29.6 Å². The van der Waals surface area contributed by atoms with Gasteiger partial charge in [-0.1, -0.05) is 37.6 Å². The van der Waals surface area contributed by atoms with Gasteiger partial charge < -0.3 is 10.6 Å². The van der Waals surface area contributed by atoms with Gasteiger partial charge in [-0.25, -0.2) is 13.2 Å². The van der Waals surface area contributed by atoms with Crippen molar-refractivity contribution in [3.8, 4) is 0 Å². The van der Waals surface area contributed by atoms with Crippen molar-refractivity contribution < 1.29 is 22.8 Å². The van der Waals surface area contributed by atoms with E-state index in [1.807, 2.05) is 24.3 Å². The smallest absolute Gasteiger partial charge is 0.325 e. The van der Waals surface area contributed by atoms with E-state index in [2.05, 4.69) is 17.6 Å². The third-order valence-corrected chi connectivity index (χ3v) is 6.34. The molecule has 3 rings (SSSR count). The van der Waals surface area contributed by atoms with Crippen LogP contribution in [0.1, 0.15) is 31.4 Å². The summed E-state index contributed by atoms with van der Waals surface area (Å²) in [4.78, 5) is 38.8. The van der Waals surface area contributed by atoms with Crippen molar-refractivity contribution in [2.24, 2.45) is 0 Å². The van der Waals surface area contributed by atoms with E-state index in [-0.39, 0.29) is 4.90 Å². The molecule has 1 saturated heterocycles. The molecule has 1 aliphatic heterocycles. The number of hydrogen-bond acceptors (Lipinski definition) is 5. The lowest BCUT2D eigenvalue weighted by atomic mass is 9.91. The van der Waals surface area contributed by atoms with Gasteiger partial charge in [-0.05, 0) is 48.7 Å². The Kier molecular flexibility index (Phi) is 6.17. The third-order valence-electron chi connectivity index (χ3n) is 5.21. The first-order valence-electron chi connectivity index (χ1n) is 9.88. The minimum absolute atomic E-state index is 0.125. The number of nitrogens with zero attached hydrogens (tertiary/aromatic N) is 1. The monoisotopic (exact) mass is 443 g/mol. The number of nitrogens with one attached hydrogen (secondary N) is 2. The standard InChI is InChI=1S/C22H25N3O5S/c1-4-5-15-6-8-16(9-7-15)22(2)20(27)25(21(28)24-22)14-19(26)23-17-10-12-18(13-11-17)31(3,29)30/h6-13H,4-5,14H2,1-3H3,(H,23,26)(H,24,28). The minimum atomic E-state index is -3.35. The zero-order valence-electron chi connectivity index (χ0n) is 17.6. The molecule has 1 fully saturated rings. The van der Waals surface area contributed by atoms with Crippen LogP contribution in [-0.2, 0) is 31.4 Å². The second kappa shape index (κ2) is 8.50. The van der Waals surface area contributed by atoms with Crippen LogP contribution in [0, 0.1) is 0 Å². The molecular weight excluding hydrogens is 418 g/mol. The number of anilines is 1. The Balaban J connectivity index is 1.70. The topological polar surface area (TPSA) is 113 Å². The Labute approximate surface area is 181 Å². The molecule has 2 aromatic rings. The highest BCUT2D eigenvalue weighted by Crippen LogP contribution is 2.29. The summed E-state index contributed by atoms with van der Waals surface area (Å²) in [5.74, 6) is -1.08. The summed E-state index contributed by atoms with van der Waals surface area (Å²) >= 11 is 0. The van der Waals surface area contributed by atoms with Gasteiger partial charge in [0.1, 0.15) is 12.1 Å². The summed E-state index contributed by atoms with van der Waals surface area (Å²) in [7, 11) is -3.35. The molecule has 8 nitrogen and oxygen atoms in total. The lowest BCUT2D eigenvalue weighted by Crippen LogP contribution is -2.42. The third kappa shape index (κ3) is 4.77. The summed E-state index contributed by atoms with van der Waals surface area (Å²) in [5, 5.41) is 5.25. The maximum atomic E-state index is 13.0. The predicted molar refractivity (Wildman–Crippen MR) is 116 cm³/mol. The van der Waals surface area contributed by atoms with E-state index in [1.54, 1.807) is 6.92 Å². The van der Waals surface area contributed by atoms with Gasteiger partial charge in [-0.3, -0.25) is 14.5 Å². The second-order valence-corrected chi connectivity index (χ2v) is 9.75. The minimum Gasteiger partial charge on any atom is -0.325 e. The van der Waals surface area contributed by atoms with Crippen molar-refractivity contribution in [3.63, 3.8) is 0 Å². The van der Waals surface area contributed by atoms with Crippen LogP contribution in [0.4, 0.5) is 10.5 Å². The van der Waals surface area contributed by atoms with E-state index < -0.39 is 39.8 Å². The maximum Gasteiger partial charge on any atom is 0.325 e. The normalized spacial score (nSPS) is 18.7. The number of carbonyl (C=O) groups excluding carboxylic acids is 3. The van der Waals surface area contributed by atoms with Crippen molar-refractivity contribution in [2.75, 3.05) is 18.1 Å². The predicted octanol–water partition coefficient (Wildman–Crippen LogP) is 2.45. The number of rotatable bonds is 7. The van der Waals surface area contributed by atoms with Crippen LogP contribution in [0.15, 0.2) is 53.4 Å². The number of benzene rings is 2. The molecule has 1 aliphatic rings. The number of carbonyl (C=O) groups is 3. The largest absolute Gasteiger partial charge is 0.325 e. The van der Waals surface area contributed by atoms with Gasteiger partial charge in [-0.15, -0.1) is 0 Å². The van der Waals surface area contributed by atoms with Crippen molar-refractivity contribution in [3.05, 3.63) is 59.7 Å². The lowest BCUT2D eigenvalue weighted by Gasteiger charge is -2.22. The summed E-state index contributed by atoms with van der Waals surface area (Å²) < 4.78 is 23.0. The molecule has 0 radical (unpaired) electrons. The Morgan fingerprint density at radius 3 is 2.23 bits per heavy atom. The molecule has 31 heavy (non-hydrogen) atoms. The van der Waals surface area contributed by atoms with Crippen LogP contribution < -0.4 is 10.6 Å². The average Bonchev–Trinajstić information content (AvgIpc) is 2.92. The molecular formula is C22H25N3O5S. The van der Waals surface area contributed by atoms with Crippen LogP contribution in [0.25, 0.3) is 0 Å². The molecule has 9 heteroatoms. The average molecular weight is 444 g/mol. The first-order chi connectivity index (χ1) is 14.5. The molecule has 0 saturated carbocycles. The number of sulfone groups is 1. The molecule has 2 aromatic carbocycles. The molecule has 1 atom stereocenters. The maximum absolute atomic E-state index is 13.0. The van der Waals surface area contributed by atoms with E-state index >= 15 is 0 Å². The van der Waals surface area contributed by atoms with Gasteiger partial charge in [0.15, 0.2) is 9.84 Å². The van der Waals surface area contributed by atoms with Crippen molar-refractivity contribution in [1.29, 1.82) is 0 Å². The van der Waals surface area contributed by atoms with Crippen LogP contribution >= 0.6 is 0 Å². The number of urea groups is 1. The number of imide groups is 1. The molecule has 0 aromatic heterocycles. The van der Waals surface area contributed by atoms with Gasteiger partial charge in [0, 0.05) is 11.9 Å². The van der Waals surface area contributed by atoms with Crippen LogP contribution in [0.2, 0.25) is 0 Å². The van der Waals surface area contributed by atoms with Gasteiger partial charge in [0.2, 0.25) is 5.91 Å². The summed E-state index contributed by atoms with van der Waals surface area (Å²) in [5.41, 5.74) is 0.896. The Hall–Kier alpha value is -3.20. The van der Waals surface area contributed by atoms with E-state index in [1.165, 1.54) is 24.3 Å². The Bertz CT molecular complexity index is 1110. The summed E-state index contributed by atoms with van der Waals surface area (Å²) in [6.45, 7) is 3.24. The fraction of sp³-hybridized carbons (Fsp3) is 0.318. The quantitative estimate of drug-likeness (QED) is 0.639. The van der Waals surface area contributed by atoms with Gasteiger partial charge >= 0.3 is 6.03 Å². The van der Waals surface area contributed by atoms with Crippen molar-refractivity contribution in [1.82, 2.24) is 10.2 Å². The highest BCUT2D eigenvalue weighted by Gasteiger charge is 2.49. The Morgan fingerprint density at radius 1 is 1.06 bits per heavy atom. The molecule has 1 heterocycles.